The summed E-state index contributed by atoms with van der Waals surface area (Å²) >= 11 is 0. The average Bonchev–Trinajstić information content (AvgIpc) is 2.26. The maximum atomic E-state index is 12.5. The van der Waals surface area contributed by atoms with Crippen LogP contribution < -0.4 is 9.84 Å². The summed E-state index contributed by atoms with van der Waals surface area (Å²) in [6.45, 7) is 4.90. The molecule has 0 amide bonds. The molecule has 0 saturated heterocycles. The lowest BCUT2D eigenvalue weighted by Gasteiger charge is -2.18. The van der Waals surface area contributed by atoms with E-state index in [1.807, 2.05) is 32.9 Å². The fourth-order valence-electron chi connectivity index (χ4n) is 1.77. The van der Waals surface area contributed by atoms with Crippen LogP contribution in [0.5, 0.6) is 5.75 Å². The van der Waals surface area contributed by atoms with E-state index in [1.165, 1.54) is 0 Å². The van der Waals surface area contributed by atoms with Crippen molar-refractivity contribution in [3.63, 3.8) is 0 Å². The normalized spacial score (nSPS) is 11.4. The second-order valence-electron chi connectivity index (χ2n) is 4.23. The van der Waals surface area contributed by atoms with Crippen molar-refractivity contribution < 1.29 is 28.2 Å². The number of carbonyl (C=O) groups is 1. The van der Waals surface area contributed by atoms with Gasteiger partial charge in [-0.2, -0.15) is 8.78 Å². The van der Waals surface area contributed by atoms with Gasteiger partial charge in [-0.1, -0.05) is 17.7 Å². The Balaban J connectivity index is 2.53. The minimum atomic E-state index is -4.29. The van der Waals surface area contributed by atoms with E-state index in [4.69, 9.17) is 4.74 Å². The third-order valence-electron chi connectivity index (χ3n) is 2.46. The highest BCUT2D eigenvalue weighted by molar-refractivity contribution is 5.71. The largest absolute Gasteiger partial charge is 0.542 e. The van der Waals surface area contributed by atoms with Gasteiger partial charge in [0, 0.05) is 0 Å². The Morgan fingerprint density at radius 1 is 1.21 bits per heavy atom. The second kappa shape index (κ2) is 5.97. The number of alkyl halides is 2. The molecule has 19 heavy (non-hydrogen) atoms. The summed E-state index contributed by atoms with van der Waals surface area (Å²) in [4.78, 5) is 10.0. The van der Waals surface area contributed by atoms with Crippen molar-refractivity contribution in [1.29, 1.82) is 0 Å². The monoisotopic (exact) mass is 273 g/mol. The Hall–Kier alpha value is -1.69. The maximum absolute atomic E-state index is 12.5. The molecule has 0 unspecified atom stereocenters. The quantitative estimate of drug-likeness (QED) is 0.734. The lowest BCUT2D eigenvalue weighted by molar-refractivity contribution is -0.363. The molecule has 1 rings (SSSR count). The lowest BCUT2D eigenvalue weighted by Crippen LogP contribution is -2.44. The van der Waals surface area contributed by atoms with Crippen LogP contribution in [-0.4, -0.2) is 25.3 Å². The number of rotatable bonds is 6. The van der Waals surface area contributed by atoms with Crippen LogP contribution >= 0.6 is 0 Å². The third-order valence-corrected chi connectivity index (χ3v) is 2.46. The molecule has 0 spiro atoms. The molecule has 4 nitrogen and oxygen atoms in total. The minimum Gasteiger partial charge on any atom is -0.542 e. The molecule has 0 radical (unpaired) electrons. The topological polar surface area (TPSA) is 58.6 Å². The van der Waals surface area contributed by atoms with Crippen molar-refractivity contribution in [3.05, 3.63) is 28.8 Å². The van der Waals surface area contributed by atoms with Crippen LogP contribution in [0.2, 0.25) is 0 Å². The summed E-state index contributed by atoms with van der Waals surface area (Å²) in [7, 11) is 0. The standard InChI is InChI=1S/C13H16F2O4/c1-8-6-9(2)11(10(3)7-8)18-4-5-19-13(14,15)12(16)17/h6-7H,4-5H2,1-3H3,(H,16,17)/p-1. The smallest absolute Gasteiger partial charge is 0.397 e. The van der Waals surface area contributed by atoms with Crippen molar-refractivity contribution in [2.45, 2.75) is 26.9 Å². The summed E-state index contributed by atoms with van der Waals surface area (Å²) in [6, 6.07) is 3.80. The van der Waals surface area contributed by atoms with Gasteiger partial charge in [0.15, 0.2) is 0 Å². The summed E-state index contributed by atoms with van der Waals surface area (Å²) in [5.41, 5.74) is 2.83. The summed E-state index contributed by atoms with van der Waals surface area (Å²) < 4.78 is 34.3. The van der Waals surface area contributed by atoms with Crippen molar-refractivity contribution >= 4 is 5.97 Å². The Morgan fingerprint density at radius 3 is 2.21 bits per heavy atom. The third kappa shape index (κ3) is 4.17. The Labute approximate surface area is 109 Å². The molecule has 0 bridgehead atoms. The maximum Gasteiger partial charge on any atom is 0.397 e. The van der Waals surface area contributed by atoms with Gasteiger partial charge in [0.25, 0.3) is 0 Å². The number of carboxylic acid groups (broad SMARTS) is 1. The average molecular weight is 273 g/mol. The Kier molecular flexibility index (Phi) is 4.83. The van der Waals surface area contributed by atoms with Crippen molar-refractivity contribution in [1.82, 2.24) is 0 Å². The van der Waals surface area contributed by atoms with E-state index < -0.39 is 18.7 Å². The van der Waals surface area contributed by atoms with Crippen molar-refractivity contribution in [2.75, 3.05) is 13.2 Å². The zero-order valence-electron chi connectivity index (χ0n) is 11.0. The summed E-state index contributed by atoms with van der Waals surface area (Å²) in [5, 5.41) is 10.0. The highest BCUT2D eigenvalue weighted by Crippen LogP contribution is 2.24. The molecule has 0 aromatic heterocycles. The molecule has 0 aliphatic rings. The molecule has 0 fully saturated rings. The van der Waals surface area contributed by atoms with E-state index in [0.717, 1.165) is 16.7 Å². The molecule has 106 valence electrons. The van der Waals surface area contributed by atoms with E-state index in [1.54, 1.807) is 0 Å². The fourth-order valence-corrected chi connectivity index (χ4v) is 1.77. The first-order chi connectivity index (χ1) is 8.74. The zero-order valence-corrected chi connectivity index (χ0v) is 11.0. The summed E-state index contributed by atoms with van der Waals surface area (Å²) in [6.07, 6.45) is -4.29. The number of benzene rings is 1. The van der Waals surface area contributed by atoms with Crippen LogP contribution in [0.1, 0.15) is 16.7 Å². The van der Waals surface area contributed by atoms with Crippen LogP contribution in [-0.2, 0) is 9.53 Å². The first-order valence-corrected chi connectivity index (χ1v) is 5.68. The number of ether oxygens (including phenoxy) is 2. The van der Waals surface area contributed by atoms with Gasteiger partial charge in [-0.25, -0.2) is 0 Å². The Bertz CT molecular complexity index is 449. The number of aryl methyl sites for hydroxylation is 3. The minimum absolute atomic E-state index is 0.173. The van der Waals surface area contributed by atoms with Gasteiger partial charge in [0.1, 0.15) is 18.3 Å². The number of hydrogen-bond acceptors (Lipinski definition) is 4. The van der Waals surface area contributed by atoms with Gasteiger partial charge >= 0.3 is 6.11 Å². The van der Waals surface area contributed by atoms with Gasteiger partial charge in [0.05, 0.1) is 6.61 Å². The molecule has 0 aliphatic heterocycles. The van der Waals surface area contributed by atoms with Crippen LogP contribution in [0.3, 0.4) is 0 Å². The molecule has 0 N–H and O–H groups in total. The van der Waals surface area contributed by atoms with E-state index in [-0.39, 0.29) is 6.61 Å². The lowest BCUT2D eigenvalue weighted by atomic mass is 10.1. The zero-order chi connectivity index (χ0) is 14.6. The number of carboxylic acids is 1. The van der Waals surface area contributed by atoms with Crippen LogP contribution in [0.25, 0.3) is 0 Å². The number of aliphatic carboxylic acids is 1. The number of hydrogen-bond donors (Lipinski definition) is 0. The predicted octanol–water partition coefficient (Wildman–Crippen LogP) is 1.35. The SMILES string of the molecule is Cc1cc(C)c(OCCOC(F)(F)C(=O)[O-])c(C)c1. The molecule has 0 heterocycles. The predicted molar refractivity (Wildman–Crippen MR) is 62.1 cm³/mol. The molecular formula is C13H15F2O4-. The molecule has 0 atom stereocenters. The van der Waals surface area contributed by atoms with E-state index >= 15 is 0 Å². The van der Waals surface area contributed by atoms with Gasteiger partial charge in [-0.15, -0.1) is 0 Å². The van der Waals surface area contributed by atoms with Gasteiger partial charge in [0.2, 0.25) is 0 Å². The molecule has 1 aromatic rings. The van der Waals surface area contributed by atoms with Crippen LogP contribution in [0.15, 0.2) is 12.1 Å². The molecular weight excluding hydrogens is 258 g/mol. The van der Waals surface area contributed by atoms with E-state index in [2.05, 4.69) is 4.74 Å². The van der Waals surface area contributed by atoms with Gasteiger partial charge < -0.3 is 19.4 Å². The highest BCUT2D eigenvalue weighted by Gasteiger charge is 2.31. The van der Waals surface area contributed by atoms with E-state index in [0.29, 0.717) is 5.75 Å². The van der Waals surface area contributed by atoms with Crippen molar-refractivity contribution in [3.8, 4) is 5.75 Å². The van der Waals surface area contributed by atoms with Crippen molar-refractivity contribution in [2.24, 2.45) is 0 Å². The second-order valence-corrected chi connectivity index (χ2v) is 4.23. The van der Waals surface area contributed by atoms with Gasteiger partial charge in [-0.05, 0) is 31.9 Å². The first-order valence-electron chi connectivity index (χ1n) is 5.68. The fraction of sp³-hybridized carbons (Fsp3) is 0.462. The molecule has 0 saturated carbocycles. The number of halogens is 2. The summed E-state index contributed by atoms with van der Waals surface area (Å²) in [5.74, 6) is -1.97. The molecule has 0 aliphatic carbocycles. The first kappa shape index (κ1) is 15.4. The van der Waals surface area contributed by atoms with Crippen LogP contribution in [0, 0.1) is 20.8 Å². The highest BCUT2D eigenvalue weighted by atomic mass is 19.3. The molecule has 1 aromatic carbocycles. The van der Waals surface area contributed by atoms with Gasteiger partial charge in [-0.3, -0.25) is 0 Å². The number of carbonyl (C=O) groups excluding carboxylic acids is 1. The van der Waals surface area contributed by atoms with Crippen LogP contribution in [0.4, 0.5) is 8.78 Å². The Morgan fingerprint density at radius 2 is 1.74 bits per heavy atom. The van der Waals surface area contributed by atoms with E-state index in [9.17, 15) is 18.7 Å². The molecule has 6 heteroatoms.